The first kappa shape index (κ1) is 17.2. The van der Waals surface area contributed by atoms with Crippen LogP contribution in [0.2, 0.25) is 0 Å². The average molecular weight is 382 g/mol. The van der Waals surface area contributed by atoms with Crippen molar-refractivity contribution in [1.29, 1.82) is 5.26 Å². The summed E-state index contributed by atoms with van der Waals surface area (Å²) < 4.78 is 6.27. The maximum Gasteiger partial charge on any atom is 0.235 e. The molecule has 2 aromatic rings. The number of thioether (sulfide) groups is 1. The molecule has 0 saturated carbocycles. The molecule has 0 bridgehead atoms. The van der Waals surface area contributed by atoms with Crippen LogP contribution >= 0.6 is 34.4 Å². The zero-order chi connectivity index (χ0) is 16.8. The van der Waals surface area contributed by atoms with Crippen LogP contribution in [0.5, 0.6) is 0 Å². The molecule has 1 aliphatic heterocycles. The molecule has 2 N–H and O–H groups in total. The Balaban J connectivity index is 1.43. The number of nitrogens with one attached hydrogen (secondary N) is 2. The number of amides is 1. The third kappa shape index (κ3) is 4.67. The first-order chi connectivity index (χ1) is 11.7. The summed E-state index contributed by atoms with van der Waals surface area (Å²) in [6.07, 6.45) is 2.42. The standard InChI is InChI=1S/C14H15N5O2S3/c15-6-9-3-5-22-12(9)17-11(20)8-23-14-19-18-13(24-14)16-7-10-2-1-4-21-10/h3,5,10H,1-2,4,7-8H2,(H,16,18)(H,17,20)/t10-/m1/s1. The Labute approximate surface area is 151 Å². The van der Waals surface area contributed by atoms with Gasteiger partial charge in [-0.1, -0.05) is 23.1 Å². The lowest BCUT2D eigenvalue weighted by Crippen LogP contribution is -2.18. The number of hydrogen-bond acceptors (Lipinski definition) is 9. The highest BCUT2D eigenvalue weighted by Gasteiger charge is 2.16. The Morgan fingerprint density at radius 3 is 3.25 bits per heavy atom. The van der Waals surface area contributed by atoms with Gasteiger partial charge >= 0.3 is 0 Å². The second-order valence-corrected chi connectivity index (χ2v) is 8.12. The highest BCUT2D eigenvalue weighted by molar-refractivity contribution is 8.01. The van der Waals surface area contributed by atoms with Crippen LogP contribution in [0.25, 0.3) is 0 Å². The molecule has 2 aromatic heterocycles. The molecular formula is C14H15N5O2S3. The molecule has 1 atom stereocenters. The van der Waals surface area contributed by atoms with E-state index in [1.807, 2.05) is 6.07 Å². The summed E-state index contributed by atoms with van der Waals surface area (Å²) in [4.78, 5) is 11.9. The van der Waals surface area contributed by atoms with Crippen LogP contribution in [-0.4, -0.2) is 41.1 Å². The molecule has 3 rings (SSSR count). The number of aromatic nitrogens is 2. The van der Waals surface area contributed by atoms with Gasteiger partial charge in [-0.05, 0) is 24.3 Å². The Hall–Kier alpha value is -1.67. The fourth-order valence-corrected chi connectivity index (χ4v) is 4.44. The molecule has 10 heteroatoms. The molecule has 0 aliphatic carbocycles. The van der Waals surface area contributed by atoms with E-state index in [0.29, 0.717) is 10.6 Å². The zero-order valence-corrected chi connectivity index (χ0v) is 15.1. The summed E-state index contributed by atoms with van der Waals surface area (Å²) in [6, 6.07) is 3.73. The van der Waals surface area contributed by atoms with Crippen LogP contribution in [0, 0.1) is 11.3 Å². The number of ether oxygens (including phenoxy) is 1. The van der Waals surface area contributed by atoms with E-state index in [-0.39, 0.29) is 17.8 Å². The van der Waals surface area contributed by atoms with Gasteiger partial charge in [0.25, 0.3) is 0 Å². The summed E-state index contributed by atoms with van der Waals surface area (Å²) in [6.45, 7) is 1.56. The van der Waals surface area contributed by atoms with Crippen molar-refractivity contribution >= 4 is 50.5 Å². The van der Waals surface area contributed by atoms with Crippen molar-refractivity contribution in [3.05, 3.63) is 17.0 Å². The average Bonchev–Trinajstić information content (AvgIpc) is 3.32. The minimum atomic E-state index is -0.164. The van der Waals surface area contributed by atoms with Crippen molar-refractivity contribution in [1.82, 2.24) is 10.2 Å². The maximum atomic E-state index is 11.9. The number of anilines is 2. The van der Waals surface area contributed by atoms with Crippen LogP contribution in [0.15, 0.2) is 15.8 Å². The normalized spacial score (nSPS) is 16.7. The van der Waals surface area contributed by atoms with Crippen molar-refractivity contribution in [2.24, 2.45) is 0 Å². The molecule has 7 nitrogen and oxygen atoms in total. The minimum Gasteiger partial charge on any atom is -0.376 e. The van der Waals surface area contributed by atoms with E-state index in [1.54, 1.807) is 11.4 Å². The van der Waals surface area contributed by atoms with Gasteiger partial charge in [-0.15, -0.1) is 21.5 Å². The molecule has 0 aromatic carbocycles. The van der Waals surface area contributed by atoms with E-state index < -0.39 is 0 Å². The second-order valence-electron chi connectivity index (χ2n) is 5.00. The molecule has 3 heterocycles. The van der Waals surface area contributed by atoms with Gasteiger partial charge in [0.1, 0.15) is 11.1 Å². The Kier molecular flexibility index (Phi) is 6.03. The number of rotatable bonds is 7. The number of thiophene rings is 1. The summed E-state index contributed by atoms with van der Waals surface area (Å²) in [5, 5.41) is 26.1. The lowest BCUT2D eigenvalue weighted by Gasteiger charge is -2.08. The van der Waals surface area contributed by atoms with Crippen LogP contribution in [-0.2, 0) is 9.53 Å². The van der Waals surface area contributed by atoms with Gasteiger partial charge in [0, 0.05) is 13.2 Å². The van der Waals surface area contributed by atoms with Gasteiger partial charge in [-0.2, -0.15) is 5.26 Å². The topological polar surface area (TPSA) is 99.9 Å². The number of carbonyl (C=O) groups is 1. The molecule has 24 heavy (non-hydrogen) atoms. The van der Waals surface area contributed by atoms with E-state index >= 15 is 0 Å². The van der Waals surface area contributed by atoms with Gasteiger partial charge in [-0.3, -0.25) is 4.79 Å². The Morgan fingerprint density at radius 1 is 1.54 bits per heavy atom. The van der Waals surface area contributed by atoms with Gasteiger partial charge < -0.3 is 15.4 Å². The molecule has 0 unspecified atom stereocenters. The predicted octanol–water partition coefficient (Wildman–Crippen LogP) is 2.79. The monoisotopic (exact) mass is 381 g/mol. The highest BCUT2D eigenvalue weighted by Crippen LogP contribution is 2.27. The van der Waals surface area contributed by atoms with Crippen molar-refractivity contribution in [3.8, 4) is 6.07 Å². The van der Waals surface area contributed by atoms with Crippen molar-refractivity contribution < 1.29 is 9.53 Å². The third-order valence-corrected chi connectivity index (χ3v) is 6.12. The van der Waals surface area contributed by atoms with E-state index in [1.165, 1.54) is 34.4 Å². The second kappa shape index (κ2) is 8.43. The number of hydrogen-bond donors (Lipinski definition) is 2. The van der Waals surface area contributed by atoms with Gasteiger partial charge in [0.05, 0.1) is 17.4 Å². The molecule has 1 amide bonds. The quantitative estimate of drug-likeness (QED) is 0.711. The number of nitrogens with zero attached hydrogens (tertiary/aromatic N) is 3. The third-order valence-electron chi connectivity index (χ3n) is 3.28. The van der Waals surface area contributed by atoms with E-state index in [2.05, 4.69) is 20.8 Å². The molecule has 1 saturated heterocycles. The SMILES string of the molecule is N#Cc1ccsc1NC(=O)CSc1nnc(NC[C@H]2CCCO2)s1. The molecule has 0 spiro atoms. The largest absolute Gasteiger partial charge is 0.376 e. The number of carbonyl (C=O) groups excluding carboxylic acids is 1. The highest BCUT2D eigenvalue weighted by atomic mass is 32.2. The number of nitriles is 1. The van der Waals surface area contributed by atoms with Crippen LogP contribution < -0.4 is 10.6 Å². The summed E-state index contributed by atoms with van der Waals surface area (Å²) in [5.41, 5.74) is 0.481. The fraction of sp³-hybridized carbons (Fsp3) is 0.429. The Bertz CT molecular complexity index is 733. The smallest absolute Gasteiger partial charge is 0.235 e. The summed E-state index contributed by atoms with van der Waals surface area (Å²) in [7, 11) is 0. The van der Waals surface area contributed by atoms with Gasteiger partial charge in [-0.25, -0.2) is 0 Å². The maximum absolute atomic E-state index is 11.9. The molecule has 0 radical (unpaired) electrons. The van der Waals surface area contributed by atoms with Crippen molar-refractivity contribution in [2.75, 3.05) is 29.5 Å². The van der Waals surface area contributed by atoms with Crippen LogP contribution in [0.3, 0.4) is 0 Å². The molecular weight excluding hydrogens is 366 g/mol. The predicted molar refractivity (Wildman–Crippen MR) is 95.8 cm³/mol. The van der Waals surface area contributed by atoms with Crippen LogP contribution in [0.1, 0.15) is 18.4 Å². The van der Waals surface area contributed by atoms with Gasteiger partial charge in [0.15, 0.2) is 4.34 Å². The van der Waals surface area contributed by atoms with E-state index in [0.717, 1.165) is 35.5 Å². The lowest BCUT2D eigenvalue weighted by molar-refractivity contribution is -0.113. The van der Waals surface area contributed by atoms with Crippen molar-refractivity contribution in [2.45, 2.75) is 23.3 Å². The summed E-state index contributed by atoms with van der Waals surface area (Å²) >= 11 is 4.08. The van der Waals surface area contributed by atoms with E-state index in [4.69, 9.17) is 10.00 Å². The minimum absolute atomic E-state index is 0.164. The zero-order valence-electron chi connectivity index (χ0n) is 12.7. The Morgan fingerprint density at radius 2 is 2.46 bits per heavy atom. The first-order valence-corrected chi connectivity index (χ1v) is 10.0. The fourth-order valence-electron chi connectivity index (χ4n) is 2.13. The van der Waals surface area contributed by atoms with Crippen LogP contribution in [0.4, 0.5) is 10.1 Å². The lowest BCUT2D eigenvalue weighted by atomic mass is 10.2. The van der Waals surface area contributed by atoms with Crippen molar-refractivity contribution in [3.63, 3.8) is 0 Å². The van der Waals surface area contributed by atoms with E-state index in [9.17, 15) is 4.79 Å². The molecule has 1 fully saturated rings. The van der Waals surface area contributed by atoms with Gasteiger partial charge in [0.2, 0.25) is 11.0 Å². The summed E-state index contributed by atoms with van der Waals surface area (Å²) in [5.74, 6) is 0.0615. The first-order valence-electron chi connectivity index (χ1n) is 7.34. The molecule has 126 valence electrons. The molecule has 1 aliphatic rings.